The molecule has 0 aliphatic carbocycles. The molecule has 1 aromatic rings. The predicted octanol–water partition coefficient (Wildman–Crippen LogP) is 1.82. The summed E-state index contributed by atoms with van der Waals surface area (Å²) < 4.78 is 22.2. The minimum absolute atomic E-state index is 0.0632. The second kappa shape index (κ2) is 5.61. The van der Waals surface area contributed by atoms with Crippen molar-refractivity contribution >= 4 is 37.0 Å². The van der Waals surface area contributed by atoms with Gasteiger partial charge in [0.1, 0.15) is 0 Å². The van der Waals surface area contributed by atoms with E-state index in [1.54, 1.807) is 13.0 Å². The number of carbonyl (C=O) groups is 1. The van der Waals surface area contributed by atoms with Gasteiger partial charge in [0, 0.05) is 41.7 Å². The molecule has 0 saturated carbocycles. The number of rotatable bonds is 4. The van der Waals surface area contributed by atoms with Gasteiger partial charge in [-0.15, -0.1) is 0 Å². The van der Waals surface area contributed by atoms with Crippen LogP contribution in [0.25, 0.3) is 0 Å². The van der Waals surface area contributed by atoms with Gasteiger partial charge in [-0.05, 0) is 18.6 Å². The molecule has 114 valence electrons. The van der Waals surface area contributed by atoms with Crippen molar-refractivity contribution in [3.05, 3.63) is 33.9 Å². The predicted molar refractivity (Wildman–Crippen MR) is 77.9 cm³/mol. The number of carbonyl (C=O) groups excluding carboxylic acids is 1. The highest BCUT2D eigenvalue weighted by atomic mass is 35.7. The zero-order chi connectivity index (χ0) is 15.8. The fraction of sp³-hybridized carbons (Fsp3) is 0.417. The highest BCUT2D eigenvalue weighted by molar-refractivity contribution is 8.13. The molecule has 1 aromatic carbocycles. The molecule has 1 saturated heterocycles. The van der Waals surface area contributed by atoms with Crippen LogP contribution in [0.1, 0.15) is 12.0 Å². The topological polar surface area (TPSA) is 97.6 Å². The second-order valence-electron chi connectivity index (χ2n) is 5.06. The average molecular weight is 333 g/mol. The highest BCUT2D eigenvalue weighted by Gasteiger charge is 2.33. The van der Waals surface area contributed by atoms with Crippen molar-refractivity contribution in [3.63, 3.8) is 0 Å². The molecule has 2 rings (SSSR count). The summed E-state index contributed by atoms with van der Waals surface area (Å²) in [6.07, 6.45) is 0.0632. The van der Waals surface area contributed by atoms with Gasteiger partial charge in [0.15, 0.2) is 0 Å². The SMILES string of the molecule is Cc1cc(N2CC(CS(=O)(=O)Cl)CC2=O)cc([N+](=O)[O-])c1. The Labute approximate surface area is 126 Å². The number of nitrogens with zero attached hydrogens (tertiary/aromatic N) is 2. The minimum atomic E-state index is -3.68. The van der Waals surface area contributed by atoms with E-state index in [0.29, 0.717) is 11.3 Å². The number of halogens is 1. The zero-order valence-corrected chi connectivity index (χ0v) is 12.7. The first-order valence-electron chi connectivity index (χ1n) is 6.14. The first-order valence-corrected chi connectivity index (χ1v) is 8.62. The van der Waals surface area contributed by atoms with Gasteiger partial charge >= 0.3 is 0 Å². The molecule has 1 amide bonds. The number of hydrogen-bond acceptors (Lipinski definition) is 5. The summed E-state index contributed by atoms with van der Waals surface area (Å²) in [6.45, 7) is 1.88. The van der Waals surface area contributed by atoms with E-state index in [2.05, 4.69) is 0 Å². The number of nitro benzene ring substituents is 1. The van der Waals surface area contributed by atoms with Crippen LogP contribution in [0.5, 0.6) is 0 Å². The maximum Gasteiger partial charge on any atom is 0.271 e. The lowest BCUT2D eigenvalue weighted by molar-refractivity contribution is -0.384. The van der Waals surface area contributed by atoms with Gasteiger partial charge in [-0.2, -0.15) is 0 Å². The molecule has 1 aliphatic rings. The summed E-state index contributed by atoms with van der Waals surface area (Å²) in [5.74, 6) is -0.954. The third-order valence-electron chi connectivity index (χ3n) is 3.21. The third kappa shape index (κ3) is 3.92. The molecule has 1 unspecified atom stereocenters. The maximum absolute atomic E-state index is 12.0. The van der Waals surface area contributed by atoms with Crippen molar-refractivity contribution in [1.82, 2.24) is 0 Å². The molecule has 1 fully saturated rings. The molecule has 9 heteroatoms. The number of aryl methyl sites for hydroxylation is 1. The fourth-order valence-corrected chi connectivity index (χ4v) is 3.75. The Morgan fingerprint density at radius 1 is 1.43 bits per heavy atom. The summed E-state index contributed by atoms with van der Waals surface area (Å²) in [4.78, 5) is 23.7. The Morgan fingerprint density at radius 3 is 2.67 bits per heavy atom. The lowest BCUT2D eigenvalue weighted by Crippen LogP contribution is -2.25. The number of benzene rings is 1. The van der Waals surface area contributed by atoms with E-state index >= 15 is 0 Å². The number of amides is 1. The minimum Gasteiger partial charge on any atom is -0.312 e. The lowest BCUT2D eigenvalue weighted by Gasteiger charge is -2.17. The van der Waals surface area contributed by atoms with E-state index in [-0.39, 0.29) is 30.3 Å². The summed E-state index contributed by atoms with van der Waals surface area (Å²) >= 11 is 0. The molecular weight excluding hydrogens is 320 g/mol. The molecule has 0 N–H and O–H groups in total. The van der Waals surface area contributed by atoms with Crippen molar-refractivity contribution in [2.45, 2.75) is 13.3 Å². The average Bonchev–Trinajstić information content (AvgIpc) is 2.66. The molecule has 1 heterocycles. The van der Waals surface area contributed by atoms with Crippen LogP contribution in [0.3, 0.4) is 0 Å². The monoisotopic (exact) mass is 332 g/mol. The van der Waals surface area contributed by atoms with Crippen molar-refractivity contribution in [1.29, 1.82) is 0 Å². The highest BCUT2D eigenvalue weighted by Crippen LogP contribution is 2.30. The Balaban J connectivity index is 2.27. The first kappa shape index (κ1) is 15.7. The Hall–Kier alpha value is -1.67. The molecule has 0 aromatic heterocycles. The van der Waals surface area contributed by atoms with Gasteiger partial charge in [0.05, 0.1) is 16.4 Å². The van der Waals surface area contributed by atoms with Gasteiger partial charge < -0.3 is 4.90 Å². The van der Waals surface area contributed by atoms with Gasteiger partial charge in [0.2, 0.25) is 15.0 Å². The zero-order valence-electron chi connectivity index (χ0n) is 11.2. The molecule has 21 heavy (non-hydrogen) atoms. The van der Waals surface area contributed by atoms with Crippen LogP contribution in [0.15, 0.2) is 18.2 Å². The Morgan fingerprint density at radius 2 is 2.10 bits per heavy atom. The molecule has 0 radical (unpaired) electrons. The van der Waals surface area contributed by atoms with Crippen LogP contribution in [-0.4, -0.2) is 31.5 Å². The van der Waals surface area contributed by atoms with Crippen LogP contribution >= 0.6 is 10.7 Å². The first-order chi connectivity index (χ1) is 9.65. The number of nitro groups is 1. The van der Waals surface area contributed by atoms with Crippen molar-refractivity contribution in [3.8, 4) is 0 Å². The summed E-state index contributed by atoms with van der Waals surface area (Å²) in [6, 6.07) is 4.37. The van der Waals surface area contributed by atoms with Crippen LogP contribution in [0.4, 0.5) is 11.4 Å². The normalized spacial score (nSPS) is 19.0. The van der Waals surface area contributed by atoms with Crippen molar-refractivity contribution in [2.75, 3.05) is 17.2 Å². The fourth-order valence-electron chi connectivity index (χ4n) is 2.43. The largest absolute Gasteiger partial charge is 0.312 e. The second-order valence-corrected chi connectivity index (χ2v) is 7.89. The van der Waals surface area contributed by atoms with Crippen LogP contribution in [-0.2, 0) is 13.8 Å². The number of non-ortho nitro benzene ring substituents is 1. The van der Waals surface area contributed by atoms with E-state index < -0.39 is 19.9 Å². The Bertz CT molecular complexity index is 704. The molecule has 1 atom stereocenters. The van der Waals surface area contributed by atoms with Crippen LogP contribution in [0, 0.1) is 23.0 Å². The van der Waals surface area contributed by atoms with Crippen molar-refractivity contribution in [2.24, 2.45) is 5.92 Å². The van der Waals surface area contributed by atoms with Crippen LogP contribution in [0.2, 0.25) is 0 Å². The maximum atomic E-state index is 12.0. The number of hydrogen-bond donors (Lipinski definition) is 0. The molecule has 7 nitrogen and oxygen atoms in total. The van der Waals surface area contributed by atoms with E-state index in [1.165, 1.54) is 17.0 Å². The lowest BCUT2D eigenvalue weighted by atomic mass is 10.1. The standard InChI is InChI=1S/C12H13ClN2O5S/c1-8-2-10(5-11(3-8)15(17)18)14-6-9(4-12(14)16)7-21(13,19)20/h2-3,5,9H,4,6-7H2,1H3. The van der Waals surface area contributed by atoms with Gasteiger partial charge in [-0.1, -0.05) is 0 Å². The molecule has 0 spiro atoms. The summed E-state index contributed by atoms with van der Waals surface area (Å²) in [5.41, 5.74) is 0.952. The van der Waals surface area contributed by atoms with Gasteiger partial charge in [0.25, 0.3) is 5.69 Å². The molecule has 1 aliphatic heterocycles. The summed E-state index contributed by atoms with van der Waals surface area (Å²) in [7, 11) is 1.52. The van der Waals surface area contributed by atoms with Gasteiger partial charge in [-0.3, -0.25) is 14.9 Å². The van der Waals surface area contributed by atoms with E-state index in [0.717, 1.165) is 0 Å². The van der Waals surface area contributed by atoms with Crippen molar-refractivity contribution < 1.29 is 18.1 Å². The van der Waals surface area contributed by atoms with Gasteiger partial charge in [-0.25, -0.2) is 8.42 Å². The summed E-state index contributed by atoms with van der Waals surface area (Å²) in [5, 5.41) is 10.9. The smallest absolute Gasteiger partial charge is 0.271 e. The van der Waals surface area contributed by atoms with E-state index in [1.807, 2.05) is 0 Å². The van der Waals surface area contributed by atoms with Crippen LogP contribution < -0.4 is 4.90 Å². The van der Waals surface area contributed by atoms with E-state index in [9.17, 15) is 23.3 Å². The van der Waals surface area contributed by atoms with E-state index in [4.69, 9.17) is 10.7 Å². The number of anilines is 1. The molecular formula is C12H13ClN2O5S. The third-order valence-corrected chi connectivity index (χ3v) is 4.46. The molecule has 0 bridgehead atoms. The quantitative estimate of drug-likeness (QED) is 0.476. The Kier molecular flexibility index (Phi) is 4.20.